The van der Waals surface area contributed by atoms with E-state index in [2.05, 4.69) is 10.3 Å². The Labute approximate surface area is 156 Å². The first kappa shape index (κ1) is 19.0. The van der Waals surface area contributed by atoms with E-state index in [4.69, 9.17) is 0 Å². The van der Waals surface area contributed by atoms with Gasteiger partial charge in [0.05, 0.1) is 11.5 Å². The number of sulfone groups is 1. The summed E-state index contributed by atoms with van der Waals surface area (Å²) >= 11 is 0. The van der Waals surface area contributed by atoms with Crippen molar-refractivity contribution in [1.82, 2.24) is 9.88 Å². The lowest BCUT2D eigenvalue weighted by molar-refractivity contribution is 0.0741. The normalized spacial score (nSPS) is 18.1. The summed E-state index contributed by atoms with van der Waals surface area (Å²) in [5.41, 5.74) is 0.472. The van der Waals surface area contributed by atoms with Gasteiger partial charge in [-0.05, 0) is 42.8 Å². The molecule has 1 aliphatic rings. The zero-order valence-electron chi connectivity index (χ0n) is 14.6. The number of hydrogen-bond acceptors (Lipinski definition) is 5. The average molecular weight is 391 g/mol. The van der Waals surface area contributed by atoms with E-state index in [-0.39, 0.29) is 22.9 Å². The van der Waals surface area contributed by atoms with E-state index >= 15 is 0 Å². The number of pyridine rings is 1. The molecule has 1 fully saturated rings. The van der Waals surface area contributed by atoms with Crippen molar-refractivity contribution < 1.29 is 22.4 Å². The maximum Gasteiger partial charge on any atom is 0.274 e. The van der Waals surface area contributed by atoms with Gasteiger partial charge in [0.2, 0.25) is 0 Å². The molecule has 1 aromatic heterocycles. The fourth-order valence-corrected chi connectivity index (χ4v) is 4.61. The molecule has 1 saturated heterocycles. The number of aromatic nitrogens is 1. The first-order chi connectivity index (χ1) is 12.7. The van der Waals surface area contributed by atoms with Crippen LogP contribution >= 0.6 is 0 Å². The monoisotopic (exact) mass is 391 g/mol. The number of rotatable bonds is 4. The highest BCUT2D eigenvalue weighted by molar-refractivity contribution is 7.91. The van der Waals surface area contributed by atoms with Gasteiger partial charge in [-0.25, -0.2) is 17.8 Å². The number of carbonyl (C=O) groups is 2. The van der Waals surface area contributed by atoms with Gasteiger partial charge in [-0.3, -0.25) is 9.59 Å². The minimum atomic E-state index is -3.12. The van der Waals surface area contributed by atoms with Crippen LogP contribution in [0.1, 0.15) is 27.4 Å². The molecule has 0 saturated carbocycles. The zero-order chi connectivity index (χ0) is 19.6. The van der Waals surface area contributed by atoms with Crippen LogP contribution in [-0.4, -0.2) is 54.7 Å². The maximum atomic E-state index is 12.9. The number of anilines is 1. The molecule has 27 heavy (non-hydrogen) atoms. The van der Waals surface area contributed by atoms with E-state index in [0.29, 0.717) is 12.1 Å². The minimum absolute atomic E-state index is 0.0256. The maximum absolute atomic E-state index is 12.9. The van der Waals surface area contributed by atoms with Gasteiger partial charge in [0, 0.05) is 18.8 Å². The summed E-state index contributed by atoms with van der Waals surface area (Å²) in [6, 6.07) is 9.31. The van der Waals surface area contributed by atoms with Crippen molar-refractivity contribution in [3.8, 4) is 0 Å². The van der Waals surface area contributed by atoms with Crippen LogP contribution in [0, 0.1) is 5.82 Å². The molecule has 1 N–H and O–H groups in total. The summed E-state index contributed by atoms with van der Waals surface area (Å²) in [6.45, 7) is 0. The fraction of sp³-hybridized carbons (Fsp3) is 0.278. The van der Waals surface area contributed by atoms with Crippen LogP contribution in [0.15, 0.2) is 42.5 Å². The molecule has 7 nitrogen and oxygen atoms in total. The van der Waals surface area contributed by atoms with Crippen molar-refractivity contribution in [1.29, 1.82) is 0 Å². The molecule has 0 radical (unpaired) electrons. The fourth-order valence-electron chi connectivity index (χ4n) is 2.84. The third-order valence-corrected chi connectivity index (χ3v) is 6.13. The van der Waals surface area contributed by atoms with Gasteiger partial charge in [0.15, 0.2) is 9.84 Å². The van der Waals surface area contributed by atoms with Crippen molar-refractivity contribution in [2.75, 3.05) is 23.9 Å². The number of benzene rings is 1. The molecule has 1 aromatic carbocycles. The van der Waals surface area contributed by atoms with Crippen LogP contribution in [0.2, 0.25) is 0 Å². The first-order valence-electron chi connectivity index (χ1n) is 8.27. The predicted octanol–water partition coefficient (Wildman–Crippen LogP) is 1.73. The Morgan fingerprint density at radius 1 is 1.15 bits per heavy atom. The molecule has 1 aliphatic heterocycles. The largest absolute Gasteiger partial charge is 0.336 e. The molecule has 0 spiro atoms. The molecule has 0 bridgehead atoms. The zero-order valence-corrected chi connectivity index (χ0v) is 15.4. The van der Waals surface area contributed by atoms with Crippen molar-refractivity contribution in [3.63, 3.8) is 0 Å². The molecule has 0 aliphatic carbocycles. The summed E-state index contributed by atoms with van der Waals surface area (Å²) in [4.78, 5) is 30.4. The first-order valence-corrected chi connectivity index (χ1v) is 10.1. The Morgan fingerprint density at radius 3 is 2.44 bits per heavy atom. The lowest BCUT2D eigenvalue weighted by Gasteiger charge is -2.23. The number of hydrogen-bond donors (Lipinski definition) is 1. The van der Waals surface area contributed by atoms with E-state index in [1.54, 1.807) is 0 Å². The summed E-state index contributed by atoms with van der Waals surface area (Å²) in [7, 11) is -1.59. The van der Waals surface area contributed by atoms with Gasteiger partial charge >= 0.3 is 0 Å². The number of nitrogens with one attached hydrogen (secondary N) is 1. The Hall–Kier alpha value is -2.81. The molecule has 3 rings (SSSR count). The lowest BCUT2D eigenvalue weighted by atomic mass is 10.2. The third-order valence-electron chi connectivity index (χ3n) is 4.38. The van der Waals surface area contributed by atoms with Gasteiger partial charge < -0.3 is 10.2 Å². The SMILES string of the molecule is CN(C(=O)c1cccc(C(=O)Nc2ccc(F)cc2)n1)C1CCS(=O)(=O)C1. The molecule has 142 valence electrons. The molecule has 2 aromatic rings. The number of halogens is 1. The van der Waals surface area contributed by atoms with E-state index in [9.17, 15) is 22.4 Å². The molecule has 1 unspecified atom stereocenters. The van der Waals surface area contributed by atoms with Crippen LogP contribution in [-0.2, 0) is 9.84 Å². The molecule has 2 heterocycles. The second kappa shape index (κ2) is 7.43. The van der Waals surface area contributed by atoms with Gasteiger partial charge in [-0.2, -0.15) is 0 Å². The number of amides is 2. The molecule has 9 heteroatoms. The van der Waals surface area contributed by atoms with Crippen LogP contribution in [0.25, 0.3) is 0 Å². The smallest absolute Gasteiger partial charge is 0.274 e. The Morgan fingerprint density at radius 2 is 1.81 bits per heavy atom. The summed E-state index contributed by atoms with van der Waals surface area (Å²) in [5.74, 6) is -1.42. The van der Waals surface area contributed by atoms with E-state index < -0.39 is 33.5 Å². The predicted molar refractivity (Wildman–Crippen MR) is 97.7 cm³/mol. The van der Waals surface area contributed by atoms with Crippen LogP contribution in [0.4, 0.5) is 10.1 Å². The highest BCUT2D eigenvalue weighted by atomic mass is 32.2. The van der Waals surface area contributed by atoms with Crippen molar-refractivity contribution in [2.45, 2.75) is 12.5 Å². The van der Waals surface area contributed by atoms with Crippen molar-refractivity contribution >= 4 is 27.3 Å². The number of carbonyl (C=O) groups excluding carboxylic acids is 2. The van der Waals surface area contributed by atoms with E-state index in [1.807, 2.05) is 0 Å². The average Bonchev–Trinajstić information content (AvgIpc) is 3.02. The molecule has 1 atom stereocenters. The summed E-state index contributed by atoms with van der Waals surface area (Å²) < 4.78 is 36.2. The Kier molecular flexibility index (Phi) is 5.22. The second-order valence-corrected chi connectivity index (χ2v) is 8.57. The third kappa shape index (κ3) is 4.48. The highest BCUT2D eigenvalue weighted by Gasteiger charge is 2.33. The highest BCUT2D eigenvalue weighted by Crippen LogP contribution is 2.18. The molecular formula is C18H18FN3O4S. The van der Waals surface area contributed by atoms with Crippen molar-refractivity contribution in [2.24, 2.45) is 0 Å². The molecule has 2 amide bonds. The standard InChI is InChI=1S/C18H18FN3O4S/c1-22(14-9-10-27(25,26)11-14)18(24)16-4-2-3-15(21-16)17(23)20-13-7-5-12(19)6-8-13/h2-8,14H,9-11H2,1H3,(H,20,23). The quantitative estimate of drug-likeness (QED) is 0.856. The van der Waals surface area contributed by atoms with Gasteiger partial charge in [-0.15, -0.1) is 0 Å². The van der Waals surface area contributed by atoms with E-state index in [0.717, 1.165) is 0 Å². The van der Waals surface area contributed by atoms with Crippen LogP contribution < -0.4 is 5.32 Å². The van der Waals surface area contributed by atoms with Crippen LogP contribution in [0.3, 0.4) is 0 Å². The van der Waals surface area contributed by atoms with Gasteiger partial charge in [-0.1, -0.05) is 6.07 Å². The minimum Gasteiger partial charge on any atom is -0.336 e. The number of nitrogens with zero attached hydrogens (tertiary/aromatic N) is 2. The summed E-state index contributed by atoms with van der Waals surface area (Å²) in [5, 5.41) is 2.57. The lowest BCUT2D eigenvalue weighted by Crippen LogP contribution is -2.38. The topological polar surface area (TPSA) is 96.4 Å². The second-order valence-electron chi connectivity index (χ2n) is 6.34. The van der Waals surface area contributed by atoms with Gasteiger partial charge in [0.25, 0.3) is 11.8 Å². The Balaban J connectivity index is 1.73. The van der Waals surface area contributed by atoms with Crippen LogP contribution in [0.5, 0.6) is 0 Å². The molecular weight excluding hydrogens is 373 g/mol. The van der Waals surface area contributed by atoms with Gasteiger partial charge in [0.1, 0.15) is 17.2 Å². The van der Waals surface area contributed by atoms with E-state index in [1.165, 1.54) is 54.4 Å². The summed E-state index contributed by atoms with van der Waals surface area (Å²) in [6.07, 6.45) is 0.384. The van der Waals surface area contributed by atoms with Crippen molar-refractivity contribution in [3.05, 3.63) is 59.7 Å². The Bertz CT molecular complexity index is 976.